The molecular formula is C50H30N2. The Morgan fingerprint density at radius 2 is 0.827 bits per heavy atom. The summed E-state index contributed by atoms with van der Waals surface area (Å²) in [5.74, 6) is 0. The average molecular weight is 659 g/mol. The van der Waals surface area contributed by atoms with Crippen molar-refractivity contribution in [2.24, 2.45) is 0 Å². The Bertz CT molecular complexity index is 2870. The lowest BCUT2D eigenvalue weighted by atomic mass is 9.70. The zero-order chi connectivity index (χ0) is 34.4. The maximum Gasteiger partial charge on any atom is 0.0991 e. The third kappa shape index (κ3) is 3.72. The van der Waals surface area contributed by atoms with Gasteiger partial charge in [0.2, 0.25) is 0 Å². The van der Waals surface area contributed by atoms with Crippen molar-refractivity contribution >= 4 is 49.4 Å². The van der Waals surface area contributed by atoms with Crippen molar-refractivity contribution in [2.75, 3.05) is 4.90 Å². The lowest BCUT2D eigenvalue weighted by Crippen LogP contribution is -2.26. The zero-order valence-corrected chi connectivity index (χ0v) is 28.2. The minimum atomic E-state index is -0.451. The summed E-state index contributed by atoms with van der Waals surface area (Å²) < 4.78 is 0. The molecule has 9 aromatic carbocycles. The molecule has 0 saturated heterocycles. The van der Waals surface area contributed by atoms with E-state index in [-0.39, 0.29) is 0 Å². The van der Waals surface area contributed by atoms with Gasteiger partial charge in [0.25, 0.3) is 0 Å². The molecule has 11 rings (SSSR count). The molecule has 0 atom stereocenters. The lowest BCUT2D eigenvalue weighted by molar-refractivity contribution is 0.793. The molecule has 0 heterocycles. The van der Waals surface area contributed by atoms with Gasteiger partial charge in [-0.05, 0) is 114 Å². The fourth-order valence-corrected chi connectivity index (χ4v) is 9.46. The molecule has 0 aromatic heterocycles. The highest BCUT2D eigenvalue weighted by Crippen LogP contribution is 2.63. The van der Waals surface area contributed by atoms with Crippen LogP contribution in [-0.2, 0) is 5.41 Å². The van der Waals surface area contributed by atoms with Gasteiger partial charge in [0.15, 0.2) is 0 Å². The first-order valence-corrected chi connectivity index (χ1v) is 17.8. The van der Waals surface area contributed by atoms with Gasteiger partial charge < -0.3 is 4.90 Å². The van der Waals surface area contributed by atoms with Gasteiger partial charge in [-0.2, -0.15) is 5.26 Å². The first-order chi connectivity index (χ1) is 25.8. The second kappa shape index (κ2) is 10.8. The van der Waals surface area contributed by atoms with Crippen LogP contribution in [0.2, 0.25) is 0 Å². The van der Waals surface area contributed by atoms with Crippen molar-refractivity contribution in [2.45, 2.75) is 5.41 Å². The Hall–Kier alpha value is -6.95. The van der Waals surface area contributed by atoms with Crippen LogP contribution in [0, 0.1) is 11.3 Å². The Kier molecular flexibility index (Phi) is 5.98. The van der Waals surface area contributed by atoms with E-state index < -0.39 is 5.41 Å². The molecule has 240 valence electrons. The van der Waals surface area contributed by atoms with Gasteiger partial charge in [0.05, 0.1) is 22.7 Å². The van der Waals surface area contributed by atoms with Crippen LogP contribution >= 0.6 is 0 Å². The third-order valence-corrected chi connectivity index (χ3v) is 11.5. The van der Waals surface area contributed by atoms with Crippen LogP contribution < -0.4 is 4.90 Å². The van der Waals surface area contributed by atoms with Crippen molar-refractivity contribution < 1.29 is 0 Å². The van der Waals surface area contributed by atoms with Crippen molar-refractivity contribution in [1.29, 1.82) is 5.26 Å². The second-order valence-electron chi connectivity index (χ2n) is 13.9. The average Bonchev–Trinajstić information content (AvgIpc) is 3.68. The second-order valence-corrected chi connectivity index (χ2v) is 13.9. The molecule has 0 fully saturated rings. The molecule has 1 spiro atoms. The van der Waals surface area contributed by atoms with Gasteiger partial charge in [0, 0.05) is 16.8 Å². The van der Waals surface area contributed by atoms with E-state index in [1.165, 1.54) is 76.8 Å². The maximum atomic E-state index is 9.77. The van der Waals surface area contributed by atoms with E-state index in [9.17, 15) is 5.26 Å². The summed E-state index contributed by atoms with van der Waals surface area (Å²) in [5, 5.41) is 17.1. The minimum Gasteiger partial charge on any atom is -0.310 e. The van der Waals surface area contributed by atoms with Gasteiger partial charge >= 0.3 is 0 Å². The minimum absolute atomic E-state index is 0.451. The topological polar surface area (TPSA) is 27.0 Å². The number of hydrogen-bond donors (Lipinski definition) is 0. The smallest absolute Gasteiger partial charge is 0.0991 e. The Balaban J connectivity index is 1.25. The Morgan fingerprint density at radius 3 is 1.38 bits per heavy atom. The Morgan fingerprint density at radius 1 is 0.385 bits per heavy atom. The molecule has 0 amide bonds. The first-order valence-electron chi connectivity index (χ1n) is 17.8. The van der Waals surface area contributed by atoms with Gasteiger partial charge in [-0.1, -0.05) is 140 Å². The van der Waals surface area contributed by atoms with Crippen molar-refractivity contribution in [3.8, 4) is 28.3 Å². The number of hydrogen-bond acceptors (Lipinski definition) is 2. The summed E-state index contributed by atoms with van der Waals surface area (Å²) in [7, 11) is 0. The van der Waals surface area contributed by atoms with E-state index in [0.717, 1.165) is 17.1 Å². The molecule has 2 aliphatic rings. The molecule has 0 saturated carbocycles. The van der Waals surface area contributed by atoms with E-state index in [1.807, 2.05) is 12.1 Å². The van der Waals surface area contributed by atoms with Crippen molar-refractivity contribution in [1.82, 2.24) is 0 Å². The summed E-state index contributed by atoms with van der Waals surface area (Å²) in [6, 6.07) is 68.5. The molecule has 0 N–H and O–H groups in total. The monoisotopic (exact) mass is 658 g/mol. The molecule has 2 nitrogen and oxygen atoms in total. The quantitative estimate of drug-likeness (QED) is 0.177. The maximum absolute atomic E-state index is 9.77. The number of rotatable bonds is 3. The number of anilines is 3. The van der Waals surface area contributed by atoms with E-state index in [1.54, 1.807) is 0 Å². The van der Waals surface area contributed by atoms with E-state index in [2.05, 4.69) is 181 Å². The summed E-state index contributed by atoms with van der Waals surface area (Å²) >= 11 is 0. The van der Waals surface area contributed by atoms with E-state index >= 15 is 0 Å². The standard InChI is InChI=1S/C50H30N2/c51-31-32-24-26-33(27-25-32)52(48-23-11-19-43-37-13-2-1-12-35(37)36-14-3-4-18-42(36)49(43)48)34-28-29-41-40-17-7-10-22-46(40)50(47(41)30-34)44-20-8-5-15-38(44)39-16-6-9-21-45(39)50/h1-30H. The summed E-state index contributed by atoms with van der Waals surface area (Å²) in [5.41, 5.74) is 13.8. The van der Waals surface area contributed by atoms with Crippen LogP contribution in [0.1, 0.15) is 27.8 Å². The van der Waals surface area contributed by atoms with E-state index in [4.69, 9.17) is 0 Å². The molecule has 0 aliphatic heterocycles. The molecule has 2 heteroatoms. The highest BCUT2D eigenvalue weighted by Gasteiger charge is 2.51. The number of nitriles is 1. The highest BCUT2D eigenvalue weighted by atomic mass is 15.1. The summed E-state index contributed by atoms with van der Waals surface area (Å²) in [6.07, 6.45) is 0. The predicted molar refractivity (Wildman–Crippen MR) is 215 cm³/mol. The molecule has 2 aliphatic carbocycles. The fraction of sp³-hybridized carbons (Fsp3) is 0.0200. The van der Waals surface area contributed by atoms with Crippen LogP contribution in [0.3, 0.4) is 0 Å². The lowest BCUT2D eigenvalue weighted by Gasteiger charge is -2.32. The normalized spacial score (nSPS) is 13.1. The van der Waals surface area contributed by atoms with E-state index in [0.29, 0.717) is 5.56 Å². The molecule has 0 bridgehead atoms. The Labute approximate surface area is 302 Å². The number of fused-ring (bicyclic) bond motifs is 16. The largest absolute Gasteiger partial charge is 0.310 e. The van der Waals surface area contributed by atoms with Crippen LogP contribution in [0.25, 0.3) is 54.6 Å². The highest BCUT2D eigenvalue weighted by molar-refractivity contribution is 6.28. The van der Waals surface area contributed by atoms with Gasteiger partial charge in [-0.25, -0.2) is 0 Å². The van der Waals surface area contributed by atoms with Crippen LogP contribution in [0.15, 0.2) is 182 Å². The molecular weight excluding hydrogens is 629 g/mol. The SMILES string of the molecule is N#Cc1ccc(N(c2ccc3c(c2)C2(c4ccccc4-c4ccccc42)c2ccccc2-3)c2cccc3c4ccccc4c4ccccc4c23)cc1. The molecule has 9 aromatic rings. The number of nitrogens with zero attached hydrogens (tertiary/aromatic N) is 2. The van der Waals surface area contributed by atoms with Gasteiger partial charge in [-0.15, -0.1) is 0 Å². The zero-order valence-electron chi connectivity index (χ0n) is 28.2. The molecule has 0 radical (unpaired) electrons. The third-order valence-electron chi connectivity index (χ3n) is 11.5. The van der Waals surface area contributed by atoms with Crippen molar-refractivity contribution in [3.63, 3.8) is 0 Å². The fourth-order valence-electron chi connectivity index (χ4n) is 9.46. The van der Waals surface area contributed by atoms with Gasteiger partial charge in [-0.3, -0.25) is 0 Å². The number of benzene rings is 9. The van der Waals surface area contributed by atoms with Crippen molar-refractivity contribution in [3.05, 3.63) is 210 Å². The molecule has 0 unspecified atom stereocenters. The summed E-state index contributed by atoms with van der Waals surface area (Å²) in [4.78, 5) is 2.40. The van der Waals surface area contributed by atoms with Crippen LogP contribution in [0.4, 0.5) is 17.1 Å². The molecule has 52 heavy (non-hydrogen) atoms. The van der Waals surface area contributed by atoms with Gasteiger partial charge in [0.1, 0.15) is 0 Å². The van der Waals surface area contributed by atoms with Crippen LogP contribution in [0.5, 0.6) is 0 Å². The van der Waals surface area contributed by atoms with Crippen LogP contribution in [-0.4, -0.2) is 0 Å². The first kappa shape index (κ1) is 28.8. The summed E-state index contributed by atoms with van der Waals surface area (Å²) in [6.45, 7) is 0. The predicted octanol–water partition coefficient (Wildman–Crippen LogP) is 12.8.